The summed E-state index contributed by atoms with van der Waals surface area (Å²) in [4.78, 5) is 4.35. The zero-order valence-corrected chi connectivity index (χ0v) is 11.7. The first-order valence-corrected chi connectivity index (χ1v) is 6.60. The molecule has 2 aromatic carbocycles. The summed E-state index contributed by atoms with van der Waals surface area (Å²) in [6.45, 7) is 1.97. The van der Waals surface area contributed by atoms with Crippen molar-refractivity contribution in [2.24, 2.45) is 0 Å². The molecule has 3 aromatic rings. The highest BCUT2D eigenvalue weighted by atomic mass is 35.5. The molecule has 0 aliphatic heterocycles. The fourth-order valence-electron chi connectivity index (χ4n) is 2.05. The first kappa shape index (κ1) is 12.8. The van der Waals surface area contributed by atoms with Crippen molar-refractivity contribution in [1.82, 2.24) is 4.98 Å². The first-order valence-electron chi connectivity index (χ1n) is 6.22. The predicted molar refractivity (Wildman–Crippen MR) is 82.4 cm³/mol. The zero-order chi connectivity index (χ0) is 14.1. The average Bonchev–Trinajstić information content (AvgIpc) is 2.46. The zero-order valence-electron chi connectivity index (χ0n) is 10.9. The van der Waals surface area contributed by atoms with Gasteiger partial charge in [-0.05, 0) is 48.9 Å². The molecule has 0 saturated carbocycles. The third-order valence-corrected chi connectivity index (χ3v) is 3.37. The van der Waals surface area contributed by atoms with Crippen molar-refractivity contribution in [3.8, 4) is 11.5 Å². The first-order chi connectivity index (χ1) is 9.65. The molecule has 0 aliphatic carbocycles. The van der Waals surface area contributed by atoms with Gasteiger partial charge < -0.3 is 10.5 Å². The van der Waals surface area contributed by atoms with Crippen LogP contribution in [0.25, 0.3) is 10.9 Å². The van der Waals surface area contributed by atoms with E-state index >= 15 is 0 Å². The van der Waals surface area contributed by atoms with E-state index in [9.17, 15) is 0 Å². The normalized spacial score (nSPS) is 10.7. The summed E-state index contributed by atoms with van der Waals surface area (Å²) in [5.74, 6) is 1.38. The van der Waals surface area contributed by atoms with E-state index in [1.54, 1.807) is 12.3 Å². The molecule has 1 aromatic heterocycles. The van der Waals surface area contributed by atoms with E-state index < -0.39 is 0 Å². The molecule has 0 radical (unpaired) electrons. The predicted octanol–water partition coefficient (Wildman–Crippen LogP) is 4.57. The van der Waals surface area contributed by atoms with E-state index in [-0.39, 0.29) is 0 Å². The molecule has 0 spiro atoms. The van der Waals surface area contributed by atoms with Crippen LogP contribution in [0, 0.1) is 6.92 Å². The molecule has 1 heterocycles. The summed E-state index contributed by atoms with van der Waals surface area (Å²) in [7, 11) is 0. The Kier molecular flexibility index (Phi) is 3.20. The standard InChI is InChI=1S/C16H13ClN2O/c1-10-4-5-11(17)9-15(10)20-14-7-6-13(18)12-3-2-8-19-16(12)14/h2-9H,18H2,1H3. The molecule has 0 bridgehead atoms. The molecule has 0 aliphatic rings. The number of nitrogen functional groups attached to an aromatic ring is 1. The van der Waals surface area contributed by atoms with E-state index in [2.05, 4.69) is 4.98 Å². The summed E-state index contributed by atoms with van der Waals surface area (Å²) in [5.41, 5.74) is 8.39. The number of nitrogens with two attached hydrogens (primary N) is 1. The Morgan fingerprint density at radius 2 is 1.95 bits per heavy atom. The molecule has 100 valence electrons. The number of anilines is 1. The van der Waals surface area contributed by atoms with Gasteiger partial charge in [-0.25, -0.2) is 0 Å². The van der Waals surface area contributed by atoms with Crippen molar-refractivity contribution in [1.29, 1.82) is 0 Å². The highest BCUT2D eigenvalue weighted by Crippen LogP contribution is 2.33. The number of fused-ring (bicyclic) bond motifs is 1. The number of halogens is 1. The maximum Gasteiger partial charge on any atom is 0.153 e. The smallest absolute Gasteiger partial charge is 0.153 e. The van der Waals surface area contributed by atoms with Gasteiger partial charge in [-0.1, -0.05) is 17.7 Å². The van der Waals surface area contributed by atoms with Crippen molar-refractivity contribution >= 4 is 28.2 Å². The molecule has 0 amide bonds. The minimum Gasteiger partial charge on any atom is -0.455 e. The molecule has 3 nitrogen and oxygen atoms in total. The van der Waals surface area contributed by atoms with Crippen LogP contribution in [0.1, 0.15) is 5.56 Å². The lowest BCUT2D eigenvalue weighted by molar-refractivity contribution is 0.483. The number of nitrogens with zero attached hydrogens (tertiary/aromatic N) is 1. The van der Waals surface area contributed by atoms with E-state index in [0.29, 0.717) is 22.2 Å². The molecular weight excluding hydrogens is 272 g/mol. The van der Waals surface area contributed by atoms with Gasteiger partial charge in [0.15, 0.2) is 5.75 Å². The van der Waals surface area contributed by atoms with E-state index in [1.165, 1.54) is 0 Å². The van der Waals surface area contributed by atoms with Crippen LogP contribution < -0.4 is 10.5 Å². The van der Waals surface area contributed by atoms with Crippen LogP contribution in [0.15, 0.2) is 48.7 Å². The van der Waals surface area contributed by atoms with Gasteiger partial charge in [-0.2, -0.15) is 0 Å². The Labute approximate surface area is 122 Å². The third-order valence-electron chi connectivity index (χ3n) is 3.14. The van der Waals surface area contributed by atoms with Crippen LogP contribution in [0.4, 0.5) is 5.69 Å². The number of hydrogen-bond donors (Lipinski definition) is 1. The van der Waals surface area contributed by atoms with E-state index in [1.807, 2.05) is 43.3 Å². The van der Waals surface area contributed by atoms with Gasteiger partial charge in [0.05, 0.1) is 0 Å². The number of benzene rings is 2. The Balaban J connectivity index is 2.11. The largest absolute Gasteiger partial charge is 0.455 e. The van der Waals surface area contributed by atoms with Gasteiger partial charge in [0.2, 0.25) is 0 Å². The number of aryl methyl sites for hydroxylation is 1. The Morgan fingerprint density at radius 1 is 1.10 bits per heavy atom. The second-order valence-electron chi connectivity index (χ2n) is 4.56. The van der Waals surface area contributed by atoms with Crippen molar-refractivity contribution in [2.75, 3.05) is 5.73 Å². The van der Waals surface area contributed by atoms with Crippen molar-refractivity contribution in [2.45, 2.75) is 6.92 Å². The van der Waals surface area contributed by atoms with Gasteiger partial charge in [0.1, 0.15) is 11.3 Å². The lowest BCUT2D eigenvalue weighted by Crippen LogP contribution is -1.93. The number of ether oxygens (including phenoxy) is 1. The minimum absolute atomic E-state index is 0.637. The summed E-state index contributed by atoms with van der Waals surface area (Å²) in [6, 6.07) is 13.0. The summed E-state index contributed by atoms with van der Waals surface area (Å²) < 4.78 is 5.96. The maximum atomic E-state index is 6.01. The number of aromatic nitrogens is 1. The Bertz CT molecular complexity index is 787. The van der Waals surface area contributed by atoms with Crippen LogP contribution in [0.3, 0.4) is 0 Å². The fourth-order valence-corrected chi connectivity index (χ4v) is 2.22. The number of pyridine rings is 1. The molecular formula is C16H13ClN2O. The van der Waals surface area contributed by atoms with E-state index in [4.69, 9.17) is 22.1 Å². The second-order valence-corrected chi connectivity index (χ2v) is 5.00. The average molecular weight is 285 g/mol. The lowest BCUT2D eigenvalue weighted by Gasteiger charge is -2.11. The van der Waals surface area contributed by atoms with Gasteiger partial charge in [-0.15, -0.1) is 0 Å². The van der Waals surface area contributed by atoms with Gasteiger partial charge >= 0.3 is 0 Å². The maximum absolute atomic E-state index is 6.01. The van der Waals surface area contributed by atoms with Gasteiger partial charge in [0.25, 0.3) is 0 Å². The molecule has 0 unspecified atom stereocenters. The molecule has 2 N–H and O–H groups in total. The van der Waals surface area contributed by atoms with Crippen molar-refractivity contribution < 1.29 is 4.74 Å². The monoisotopic (exact) mass is 284 g/mol. The lowest BCUT2D eigenvalue weighted by atomic mass is 10.1. The van der Waals surface area contributed by atoms with Crippen LogP contribution in [-0.2, 0) is 0 Å². The van der Waals surface area contributed by atoms with Crippen LogP contribution in [0.2, 0.25) is 5.02 Å². The summed E-state index contributed by atoms with van der Waals surface area (Å²) in [5, 5.41) is 1.52. The van der Waals surface area contributed by atoms with Crippen LogP contribution in [-0.4, -0.2) is 4.98 Å². The van der Waals surface area contributed by atoms with E-state index in [0.717, 1.165) is 16.5 Å². The van der Waals surface area contributed by atoms with Gasteiger partial charge in [0, 0.05) is 22.3 Å². The third kappa shape index (κ3) is 2.28. The summed E-state index contributed by atoms with van der Waals surface area (Å²) >= 11 is 6.01. The van der Waals surface area contributed by atoms with Gasteiger partial charge in [-0.3, -0.25) is 4.98 Å². The molecule has 0 fully saturated rings. The topological polar surface area (TPSA) is 48.1 Å². The Morgan fingerprint density at radius 3 is 2.80 bits per heavy atom. The van der Waals surface area contributed by atoms with Crippen LogP contribution >= 0.6 is 11.6 Å². The number of hydrogen-bond acceptors (Lipinski definition) is 3. The molecule has 0 atom stereocenters. The molecule has 0 saturated heterocycles. The molecule has 3 rings (SSSR count). The quantitative estimate of drug-likeness (QED) is 0.701. The van der Waals surface area contributed by atoms with Crippen molar-refractivity contribution in [3.63, 3.8) is 0 Å². The highest BCUT2D eigenvalue weighted by molar-refractivity contribution is 6.30. The highest BCUT2D eigenvalue weighted by Gasteiger charge is 2.09. The minimum atomic E-state index is 0.637. The fraction of sp³-hybridized carbons (Fsp3) is 0.0625. The molecule has 4 heteroatoms. The SMILES string of the molecule is Cc1ccc(Cl)cc1Oc1ccc(N)c2cccnc12. The second kappa shape index (κ2) is 5.02. The summed E-state index contributed by atoms with van der Waals surface area (Å²) in [6.07, 6.45) is 1.72. The Hall–Kier alpha value is -2.26. The number of rotatable bonds is 2. The van der Waals surface area contributed by atoms with Crippen LogP contribution in [0.5, 0.6) is 11.5 Å². The molecule has 20 heavy (non-hydrogen) atoms. The van der Waals surface area contributed by atoms with Crippen molar-refractivity contribution in [3.05, 3.63) is 59.2 Å².